The average molecular weight is 539 g/mol. The summed E-state index contributed by atoms with van der Waals surface area (Å²) in [4.78, 5) is 12.9. The summed E-state index contributed by atoms with van der Waals surface area (Å²) in [5.74, 6) is -0.0517. The third kappa shape index (κ3) is 6.43. The van der Waals surface area contributed by atoms with Crippen LogP contribution in [0.25, 0.3) is 23.0 Å². The van der Waals surface area contributed by atoms with Gasteiger partial charge in [0, 0.05) is 23.4 Å². The van der Waals surface area contributed by atoms with Crippen LogP contribution in [0.4, 0.5) is 0 Å². The van der Waals surface area contributed by atoms with Gasteiger partial charge in [-0.1, -0.05) is 60.7 Å². The molecule has 0 unspecified atom stereocenters. The predicted octanol–water partition coefficient (Wildman–Crippen LogP) is 4.33. The van der Waals surface area contributed by atoms with Crippen LogP contribution in [0.15, 0.2) is 96.7 Å². The summed E-state index contributed by atoms with van der Waals surface area (Å²) in [7, 11) is -3.17. The first-order valence-electron chi connectivity index (χ1n) is 12.5. The van der Waals surface area contributed by atoms with Crippen molar-refractivity contribution in [3.63, 3.8) is 0 Å². The van der Waals surface area contributed by atoms with Gasteiger partial charge in [-0.2, -0.15) is 10.4 Å². The lowest BCUT2D eigenvalue weighted by molar-refractivity contribution is -0.117. The molecule has 39 heavy (non-hydrogen) atoms. The van der Waals surface area contributed by atoms with E-state index in [0.29, 0.717) is 30.0 Å². The zero-order valence-corrected chi connectivity index (χ0v) is 21.8. The lowest BCUT2D eigenvalue weighted by Gasteiger charge is -2.10. The van der Waals surface area contributed by atoms with Gasteiger partial charge in [-0.15, -0.1) is 0 Å². The molecule has 0 bridgehead atoms. The highest BCUT2D eigenvalue weighted by Gasteiger charge is 2.29. The van der Waals surface area contributed by atoms with E-state index in [4.69, 9.17) is 9.84 Å². The Balaban J connectivity index is 1.47. The standard InChI is InChI=1S/C30H26N4O4S/c31-18-24(30(35)32-26-14-15-39(36,37)21-26)16-25-19-34(27-11-5-2-6-12-27)33-29(25)23-10-7-13-28(17-23)38-20-22-8-3-1-4-9-22/h1-13,16-17,19,26H,14-15,20-21H2,(H,32,35)/b24-16+/t26-/m1/s1. The van der Waals surface area contributed by atoms with Gasteiger partial charge in [-0.05, 0) is 42.3 Å². The van der Waals surface area contributed by atoms with Gasteiger partial charge in [0.1, 0.15) is 29.7 Å². The Bertz CT molecular complexity index is 1660. The highest BCUT2D eigenvalue weighted by molar-refractivity contribution is 7.91. The lowest BCUT2D eigenvalue weighted by Crippen LogP contribution is -2.36. The van der Waals surface area contributed by atoms with Crippen LogP contribution >= 0.6 is 0 Å². The van der Waals surface area contributed by atoms with Gasteiger partial charge in [-0.25, -0.2) is 13.1 Å². The molecule has 4 aromatic rings. The maximum Gasteiger partial charge on any atom is 0.262 e. The number of carbonyl (C=O) groups is 1. The first-order chi connectivity index (χ1) is 18.9. The Morgan fingerprint density at radius 1 is 1.08 bits per heavy atom. The monoisotopic (exact) mass is 538 g/mol. The van der Waals surface area contributed by atoms with Gasteiger partial charge < -0.3 is 10.1 Å². The molecule has 1 aromatic heterocycles. The Hall–Kier alpha value is -4.68. The number of hydrogen-bond donors (Lipinski definition) is 1. The second-order valence-corrected chi connectivity index (χ2v) is 11.5. The summed E-state index contributed by atoms with van der Waals surface area (Å²) in [6.07, 6.45) is 3.57. The minimum absolute atomic E-state index is 0.0280. The van der Waals surface area contributed by atoms with Crippen molar-refractivity contribution in [3.8, 4) is 28.8 Å². The smallest absolute Gasteiger partial charge is 0.262 e. The van der Waals surface area contributed by atoms with Gasteiger partial charge in [-0.3, -0.25) is 4.79 Å². The minimum Gasteiger partial charge on any atom is -0.489 e. The first kappa shape index (κ1) is 25.9. The SMILES string of the molecule is N#C/C(=C\c1cn(-c2ccccc2)nc1-c1cccc(OCc2ccccc2)c1)C(=O)N[C@@H]1CCS(=O)(=O)C1. The Morgan fingerprint density at radius 3 is 2.51 bits per heavy atom. The predicted molar refractivity (Wildman–Crippen MR) is 149 cm³/mol. The quantitative estimate of drug-likeness (QED) is 0.264. The molecular weight excluding hydrogens is 512 g/mol. The molecule has 8 nitrogen and oxygen atoms in total. The van der Waals surface area contributed by atoms with E-state index >= 15 is 0 Å². The van der Waals surface area contributed by atoms with Crippen LogP contribution in [0, 0.1) is 11.3 Å². The molecule has 0 radical (unpaired) electrons. The fraction of sp³-hybridized carbons (Fsp3) is 0.167. The molecular formula is C30H26N4O4S. The average Bonchev–Trinajstić information content (AvgIpc) is 3.54. The molecule has 1 fully saturated rings. The zero-order chi connectivity index (χ0) is 27.2. The van der Waals surface area contributed by atoms with E-state index < -0.39 is 21.8 Å². The lowest BCUT2D eigenvalue weighted by atomic mass is 10.1. The minimum atomic E-state index is -3.17. The summed E-state index contributed by atoms with van der Waals surface area (Å²) >= 11 is 0. The van der Waals surface area contributed by atoms with Crippen molar-refractivity contribution in [2.24, 2.45) is 0 Å². The van der Waals surface area contributed by atoms with Crippen LogP contribution in [0.5, 0.6) is 5.75 Å². The molecule has 1 amide bonds. The van der Waals surface area contributed by atoms with Crippen molar-refractivity contribution in [1.82, 2.24) is 15.1 Å². The highest BCUT2D eigenvalue weighted by atomic mass is 32.2. The molecule has 5 rings (SSSR count). The molecule has 0 aliphatic carbocycles. The number of sulfone groups is 1. The molecule has 9 heteroatoms. The number of para-hydroxylation sites is 1. The molecule has 0 saturated carbocycles. The Kier molecular flexibility index (Phi) is 7.57. The zero-order valence-electron chi connectivity index (χ0n) is 21.0. The second-order valence-electron chi connectivity index (χ2n) is 9.26. The van der Waals surface area contributed by atoms with Crippen molar-refractivity contribution >= 4 is 21.8 Å². The molecule has 0 spiro atoms. The van der Waals surface area contributed by atoms with Crippen molar-refractivity contribution in [2.45, 2.75) is 19.1 Å². The van der Waals surface area contributed by atoms with Gasteiger partial charge in [0.05, 0.1) is 17.2 Å². The molecule has 1 aliphatic rings. The van der Waals surface area contributed by atoms with Crippen molar-refractivity contribution < 1.29 is 17.9 Å². The van der Waals surface area contributed by atoms with E-state index in [9.17, 15) is 18.5 Å². The fourth-order valence-electron chi connectivity index (χ4n) is 4.38. The molecule has 1 aliphatic heterocycles. The topological polar surface area (TPSA) is 114 Å². The molecule has 2 heterocycles. The Labute approximate surface area is 227 Å². The molecule has 1 N–H and O–H groups in total. The van der Waals surface area contributed by atoms with Crippen LogP contribution in [0.3, 0.4) is 0 Å². The number of nitrogens with one attached hydrogen (secondary N) is 1. The largest absolute Gasteiger partial charge is 0.489 e. The third-order valence-corrected chi connectivity index (χ3v) is 8.12. The van der Waals surface area contributed by atoms with Crippen molar-refractivity contribution in [3.05, 3.63) is 108 Å². The van der Waals surface area contributed by atoms with E-state index in [1.807, 2.05) is 91.0 Å². The van der Waals surface area contributed by atoms with E-state index in [1.165, 1.54) is 6.08 Å². The van der Waals surface area contributed by atoms with Gasteiger partial charge in [0.2, 0.25) is 0 Å². The van der Waals surface area contributed by atoms with Gasteiger partial charge >= 0.3 is 0 Å². The number of rotatable bonds is 8. The highest BCUT2D eigenvalue weighted by Crippen LogP contribution is 2.29. The molecule has 1 atom stereocenters. The number of ether oxygens (including phenoxy) is 1. The number of benzene rings is 3. The van der Waals surface area contributed by atoms with E-state index in [-0.39, 0.29) is 17.1 Å². The van der Waals surface area contributed by atoms with Crippen LogP contribution in [0.2, 0.25) is 0 Å². The fourth-order valence-corrected chi connectivity index (χ4v) is 6.05. The van der Waals surface area contributed by atoms with Crippen molar-refractivity contribution in [1.29, 1.82) is 5.26 Å². The maximum absolute atomic E-state index is 12.9. The summed E-state index contributed by atoms with van der Waals surface area (Å²) < 4.78 is 31.3. The van der Waals surface area contributed by atoms with Gasteiger partial charge in [0.25, 0.3) is 5.91 Å². The number of nitrogens with zero attached hydrogens (tertiary/aromatic N) is 3. The normalized spacial score (nSPS) is 16.4. The molecule has 196 valence electrons. The number of carbonyl (C=O) groups excluding carboxylic acids is 1. The van der Waals surface area contributed by atoms with E-state index in [2.05, 4.69) is 5.32 Å². The Morgan fingerprint density at radius 2 is 1.82 bits per heavy atom. The summed E-state index contributed by atoms with van der Waals surface area (Å²) in [5, 5.41) is 17.3. The second kappa shape index (κ2) is 11.4. The number of nitriles is 1. The molecule has 3 aromatic carbocycles. The number of aromatic nitrogens is 2. The summed E-state index contributed by atoms with van der Waals surface area (Å²) in [6.45, 7) is 0.408. The molecule has 1 saturated heterocycles. The summed E-state index contributed by atoms with van der Waals surface area (Å²) in [6, 6.07) is 28.3. The van der Waals surface area contributed by atoms with Gasteiger partial charge in [0.15, 0.2) is 9.84 Å². The summed E-state index contributed by atoms with van der Waals surface area (Å²) in [5.41, 5.74) is 3.59. The first-order valence-corrected chi connectivity index (χ1v) is 14.3. The number of hydrogen-bond acceptors (Lipinski definition) is 6. The van der Waals surface area contributed by atoms with Crippen LogP contribution < -0.4 is 10.1 Å². The van der Waals surface area contributed by atoms with E-state index in [1.54, 1.807) is 10.9 Å². The van der Waals surface area contributed by atoms with Crippen LogP contribution in [-0.4, -0.2) is 41.7 Å². The van der Waals surface area contributed by atoms with Crippen molar-refractivity contribution in [2.75, 3.05) is 11.5 Å². The third-order valence-electron chi connectivity index (χ3n) is 6.35. The van der Waals surface area contributed by atoms with Crippen LogP contribution in [0.1, 0.15) is 17.5 Å². The number of amides is 1. The maximum atomic E-state index is 12.9. The van der Waals surface area contributed by atoms with E-state index in [0.717, 1.165) is 16.8 Å². The van der Waals surface area contributed by atoms with Crippen LogP contribution in [-0.2, 0) is 21.2 Å².